The Labute approximate surface area is 136 Å². The topological polar surface area (TPSA) is 0 Å². The van der Waals surface area contributed by atoms with Crippen LogP contribution in [0.2, 0.25) is 0 Å². The first-order valence-electron chi connectivity index (χ1n) is 7.73. The second-order valence-electron chi connectivity index (χ2n) is 3.48. The molecular formula is C21H40. The van der Waals surface area contributed by atoms with Crippen molar-refractivity contribution < 1.29 is 0 Å². The minimum atomic E-state index is 0. The Morgan fingerprint density at radius 2 is 1.33 bits per heavy atom. The normalized spacial score (nSPS) is 10.5. The van der Waals surface area contributed by atoms with Crippen LogP contribution < -0.4 is 0 Å². The lowest BCUT2D eigenvalue weighted by Crippen LogP contribution is -1.80. The van der Waals surface area contributed by atoms with Crippen LogP contribution in [0.3, 0.4) is 0 Å². The van der Waals surface area contributed by atoms with Crippen molar-refractivity contribution in [2.45, 2.75) is 76.7 Å². The summed E-state index contributed by atoms with van der Waals surface area (Å²) in [5, 5.41) is 0. The van der Waals surface area contributed by atoms with Crippen molar-refractivity contribution in [3.05, 3.63) is 53.1 Å². The molecule has 21 heavy (non-hydrogen) atoms. The van der Waals surface area contributed by atoms with Gasteiger partial charge >= 0.3 is 0 Å². The van der Waals surface area contributed by atoms with Crippen LogP contribution in [0.1, 0.15) is 81.4 Å². The molecule has 0 saturated carbocycles. The highest BCUT2D eigenvalue weighted by Crippen LogP contribution is 2.32. The molecule has 0 aliphatic heterocycles. The Morgan fingerprint density at radius 1 is 0.857 bits per heavy atom. The predicted molar refractivity (Wildman–Crippen MR) is 105 cm³/mol. The molecular weight excluding hydrogens is 252 g/mol. The lowest BCUT2D eigenvalue weighted by Gasteiger charge is -1.97. The number of allylic oxidation sites excluding steroid dienone is 4. The van der Waals surface area contributed by atoms with Crippen LogP contribution in [0.25, 0.3) is 5.57 Å². The van der Waals surface area contributed by atoms with Gasteiger partial charge < -0.3 is 0 Å². The van der Waals surface area contributed by atoms with Crippen molar-refractivity contribution in [3.8, 4) is 0 Å². The Hall–Kier alpha value is -1.30. The molecule has 0 N–H and O–H groups in total. The van der Waals surface area contributed by atoms with Gasteiger partial charge in [0.25, 0.3) is 0 Å². The molecule has 1 aliphatic rings. The third kappa shape index (κ3) is 8.55. The lowest BCUT2D eigenvalue weighted by atomic mass is 10.1. The van der Waals surface area contributed by atoms with E-state index in [0.29, 0.717) is 0 Å². The fourth-order valence-electron chi connectivity index (χ4n) is 1.94. The molecule has 1 aromatic rings. The lowest BCUT2D eigenvalue weighted by molar-refractivity contribution is 1.24. The summed E-state index contributed by atoms with van der Waals surface area (Å²) in [5.74, 6) is 0. The van der Waals surface area contributed by atoms with Crippen molar-refractivity contribution in [1.82, 2.24) is 0 Å². The number of rotatable bonds is 1. The molecule has 0 saturated heterocycles. The number of hydrogen-bond acceptors (Lipinski definition) is 0. The summed E-state index contributed by atoms with van der Waals surface area (Å²) in [4.78, 5) is 0. The summed E-state index contributed by atoms with van der Waals surface area (Å²) in [6.45, 7) is 16.3. The molecule has 0 heteroatoms. The molecule has 0 atom stereocenters. The second kappa shape index (κ2) is 18.7. The van der Waals surface area contributed by atoms with Gasteiger partial charge in [-0.3, -0.25) is 0 Å². The van der Waals surface area contributed by atoms with Gasteiger partial charge in [0.2, 0.25) is 0 Å². The van der Waals surface area contributed by atoms with Crippen LogP contribution >= 0.6 is 0 Å². The Balaban J connectivity index is -0.000000162. The van der Waals surface area contributed by atoms with E-state index in [1.54, 1.807) is 0 Å². The average molecular weight is 293 g/mol. The second-order valence-corrected chi connectivity index (χ2v) is 3.48. The highest BCUT2D eigenvalue weighted by atomic mass is 14.2. The summed E-state index contributed by atoms with van der Waals surface area (Å²) in [6, 6.07) is 8.65. The van der Waals surface area contributed by atoms with Gasteiger partial charge in [-0.25, -0.2) is 0 Å². The summed E-state index contributed by atoms with van der Waals surface area (Å²) < 4.78 is 0. The van der Waals surface area contributed by atoms with E-state index in [1.807, 2.05) is 41.5 Å². The molecule has 0 nitrogen and oxygen atoms in total. The standard InChI is InChI=1S/C13H14.3C2H6.2CH4/c1-3-6-11-9-12-7-4-5-8-13(12)10(11)2;3*1-2;;/h3-8H,9H2,1-2H3;3*1-2H3;2*1H4/b6-3-;;;;;. The first-order valence-corrected chi connectivity index (χ1v) is 7.73. The van der Waals surface area contributed by atoms with Crippen molar-refractivity contribution in [1.29, 1.82) is 0 Å². The van der Waals surface area contributed by atoms with Crippen molar-refractivity contribution >= 4 is 5.57 Å². The Morgan fingerprint density at radius 3 is 1.76 bits per heavy atom. The monoisotopic (exact) mass is 292 g/mol. The van der Waals surface area contributed by atoms with Gasteiger partial charge in [-0.2, -0.15) is 0 Å². The SMILES string of the molecule is C.C.C/C=C\C1=C(C)c2ccccc2C1.CC.CC.CC. The summed E-state index contributed by atoms with van der Waals surface area (Å²) >= 11 is 0. The first kappa shape index (κ1) is 27.9. The summed E-state index contributed by atoms with van der Waals surface area (Å²) in [5.41, 5.74) is 5.79. The Kier molecular flexibility index (Phi) is 24.9. The minimum absolute atomic E-state index is 0. The zero-order valence-electron chi connectivity index (χ0n) is 14.2. The predicted octanol–water partition coefficient (Wildman–Crippen LogP) is 7.94. The first-order chi connectivity index (χ1) is 9.33. The van der Waals surface area contributed by atoms with Gasteiger partial charge in [0.15, 0.2) is 0 Å². The molecule has 0 spiro atoms. The van der Waals surface area contributed by atoms with Crippen LogP contribution in [-0.2, 0) is 6.42 Å². The molecule has 124 valence electrons. The Bertz CT molecular complexity index is 381. The largest absolute Gasteiger partial charge is 0.0874 e. The maximum atomic E-state index is 2.22. The maximum Gasteiger partial charge on any atom is -0.00170 e. The van der Waals surface area contributed by atoms with Crippen molar-refractivity contribution in [2.75, 3.05) is 0 Å². The van der Waals surface area contributed by atoms with E-state index in [4.69, 9.17) is 0 Å². The molecule has 0 amide bonds. The fraction of sp³-hybridized carbons (Fsp3) is 0.524. The molecule has 1 aromatic carbocycles. The fourth-order valence-corrected chi connectivity index (χ4v) is 1.94. The number of fused-ring (bicyclic) bond motifs is 1. The zero-order chi connectivity index (χ0) is 15.3. The maximum absolute atomic E-state index is 2.22. The third-order valence-corrected chi connectivity index (χ3v) is 2.65. The molecule has 1 aliphatic carbocycles. The molecule has 0 radical (unpaired) electrons. The van der Waals surface area contributed by atoms with E-state index in [2.05, 4.69) is 50.3 Å². The van der Waals surface area contributed by atoms with Crippen LogP contribution in [0.15, 0.2) is 42.0 Å². The van der Waals surface area contributed by atoms with Gasteiger partial charge in [-0.15, -0.1) is 0 Å². The number of benzene rings is 1. The highest BCUT2D eigenvalue weighted by molar-refractivity contribution is 5.76. The molecule has 2 rings (SSSR count). The van der Waals surface area contributed by atoms with Gasteiger partial charge in [0.1, 0.15) is 0 Å². The molecule has 0 heterocycles. The average Bonchev–Trinajstić information content (AvgIpc) is 2.83. The van der Waals surface area contributed by atoms with E-state index in [9.17, 15) is 0 Å². The van der Waals surface area contributed by atoms with Gasteiger partial charge in [0.05, 0.1) is 0 Å². The quantitative estimate of drug-likeness (QED) is 0.492. The van der Waals surface area contributed by atoms with Crippen LogP contribution in [0, 0.1) is 0 Å². The van der Waals surface area contributed by atoms with E-state index >= 15 is 0 Å². The van der Waals surface area contributed by atoms with Crippen molar-refractivity contribution in [3.63, 3.8) is 0 Å². The van der Waals surface area contributed by atoms with E-state index in [0.717, 1.165) is 6.42 Å². The zero-order valence-corrected chi connectivity index (χ0v) is 14.2. The van der Waals surface area contributed by atoms with Crippen LogP contribution in [0.4, 0.5) is 0 Å². The highest BCUT2D eigenvalue weighted by Gasteiger charge is 2.14. The minimum Gasteiger partial charge on any atom is -0.0874 e. The molecule has 0 unspecified atom stereocenters. The van der Waals surface area contributed by atoms with E-state index in [1.165, 1.54) is 22.3 Å². The van der Waals surface area contributed by atoms with E-state index in [-0.39, 0.29) is 14.9 Å². The third-order valence-electron chi connectivity index (χ3n) is 2.65. The summed E-state index contributed by atoms with van der Waals surface area (Å²) in [6.07, 6.45) is 5.44. The van der Waals surface area contributed by atoms with Gasteiger partial charge in [-0.1, -0.05) is 92.8 Å². The van der Waals surface area contributed by atoms with Crippen LogP contribution in [-0.4, -0.2) is 0 Å². The molecule has 0 fully saturated rings. The van der Waals surface area contributed by atoms with Gasteiger partial charge in [-0.05, 0) is 42.5 Å². The smallest absolute Gasteiger partial charge is 0.00170 e. The summed E-state index contributed by atoms with van der Waals surface area (Å²) in [7, 11) is 0. The molecule has 0 aromatic heterocycles. The molecule has 0 bridgehead atoms. The van der Waals surface area contributed by atoms with Crippen LogP contribution in [0.5, 0.6) is 0 Å². The van der Waals surface area contributed by atoms with Crippen molar-refractivity contribution in [2.24, 2.45) is 0 Å². The number of hydrogen-bond donors (Lipinski definition) is 0. The van der Waals surface area contributed by atoms with Gasteiger partial charge in [0, 0.05) is 0 Å². The van der Waals surface area contributed by atoms with E-state index < -0.39 is 0 Å².